The maximum atomic E-state index is 6.16. The Morgan fingerprint density at radius 1 is 1.14 bits per heavy atom. The van der Waals surface area contributed by atoms with Gasteiger partial charge in [-0.25, -0.2) is 9.97 Å². The van der Waals surface area contributed by atoms with Crippen molar-refractivity contribution >= 4 is 33.2 Å². The van der Waals surface area contributed by atoms with E-state index in [9.17, 15) is 0 Å². The SMILES string of the molecule is Clc1nc(COc2ccc3c(c2)CCC3)nc2sccc12. The molecule has 0 saturated carbocycles. The molecular formula is C16H13ClN2OS. The van der Waals surface area contributed by atoms with Crippen LogP contribution in [-0.4, -0.2) is 9.97 Å². The van der Waals surface area contributed by atoms with Gasteiger partial charge in [0.05, 0.1) is 0 Å². The van der Waals surface area contributed by atoms with Crippen molar-refractivity contribution in [1.82, 2.24) is 9.97 Å². The van der Waals surface area contributed by atoms with Crippen molar-refractivity contribution in [2.45, 2.75) is 25.9 Å². The van der Waals surface area contributed by atoms with Crippen molar-refractivity contribution in [3.05, 3.63) is 51.7 Å². The second-order valence-electron chi connectivity index (χ2n) is 5.14. The molecule has 0 bridgehead atoms. The van der Waals surface area contributed by atoms with Gasteiger partial charge in [0.15, 0.2) is 5.82 Å². The Hall–Kier alpha value is -1.65. The fourth-order valence-electron chi connectivity index (χ4n) is 2.71. The van der Waals surface area contributed by atoms with Crippen LogP contribution in [0.2, 0.25) is 5.15 Å². The second-order valence-corrected chi connectivity index (χ2v) is 6.40. The van der Waals surface area contributed by atoms with Crippen LogP contribution in [0.15, 0.2) is 29.6 Å². The molecule has 0 atom stereocenters. The number of halogens is 1. The Kier molecular flexibility index (Phi) is 3.28. The lowest BCUT2D eigenvalue weighted by atomic mass is 10.1. The molecule has 0 amide bonds. The summed E-state index contributed by atoms with van der Waals surface area (Å²) in [6.45, 7) is 0.340. The highest BCUT2D eigenvalue weighted by atomic mass is 35.5. The minimum absolute atomic E-state index is 0.340. The van der Waals surface area contributed by atoms with Crippen molar-refractivity contribution in [3.8, 4) is 5.75 Å². The first-order valence-electron chi connectivity index (χ1n) is 6.94. The largest absolute Gasteiger partial charge is 0.486 e. The van der Waals surface area contributed by atoms with Crippen LogP contribution in [0.3, 0.4) is 0 Å². The quantitative estimate of drug-likeness (QED) is 0.671. The average Bonchev–Trinajstić information content (AvgIpc) is 3.13. The second kappa shape index (κ2) is 5.28. The third kappa shape index (κ3) is 2.49. The van der Waals surface area contributed by atoms with Gasteiger partial charge in [-0.2, -0.15) is 0 Å². The molecule has 0 aliphatic heterocycles. The summed E-state index contributed by atoms with van der Waals surface area (Å²) in [5.41, 5.74) is 2.85. The molecule has 1 aromatic carbocycles. The number of ether oxygens (including phenoxy) is 1. The smallest absolute Gasteiger partial charge is 0.169 e. The lowest BCUT2D eigenvalue weighted by Gasteiger charge is -2.07. The van der Waals surface area contributed by atoms with Gasteiger partial charge in [-0.15, -0.1) is 11.3 Å². The highest BCUT2D eigenvalue weighted by molar-refractivity contribution is 7.16. The van der Waals surface area contributed by atoms with E-state index in [1.165, 1.54) is 24.0 Å². The fraction of sp³-hybridized carbons (Fsp3) is 0.250. The van der Waals surface area contributed by atoms with Crippen molar-refractivity contribution < 1.29 is 4.74 Å². The number of nitrogens with zero attached hydrogens (tertiary/aromatic N) is 2. The van der Waals surface area contributed by atoms with Crippen LogP contribution in [0.5, 0.6) is 5.75 Å². The zero-order valence-corrected chi connectivity index (χ0v) is 12.9. The molecule has 0 spiro atoms. The standard InChI is InChI=1S/C16H13ClN2OS/c17-15-13-6-7-21-16(13)19-14(18-15)9-20-12-5-4-10-2-1-3-11(10)8-12/h4-8H,1-3,9H2. The summed E-state index contributed by atoms with van der Waals surface area (Å²) in [6, 6.07) is 8.25. The number of hydrogen-bond acceptors (Lipinski definition) is 4. The maximum Gasteiger partial charge on any atom is 0.169 e. The normalized spacial score (nSPS) is 13.6. The molecule has 0 fully saturated rings. The number of aryl methyl sites for hydroxylation is 2. The molecule has 5 heteroatoms. The van der Waals surface area contributed by atoms with E-state index in [4.69, 9.17) is 16.3 Å². The summed E-state index contributed by atoms with van der Waals surface area (Å²) >= 11 is 7.72. The van der Waals surface area contributed by atoms with Gasteiger partial charge in [0.25, 0.3) is 0 Å². The Morgan fingerprint density at radius 3 is 3.00 bits per heavy atom. The molecule has 0 saturated heterocycles. The van der Waals surface area contributed by atoms with Gasteiger partial charge in [-0.3, -0.25) is 0 Å². The lowest BCUT2D eigenvalue weighted by molar-refractivity contribution is 0.296. The van der Waals surface area contributed by atoms with Crippen LogP contribution in [0, 0.1) is 0 Å². The average molecular weight is 317 g/mol. The third-order valence-corrected chi connectivity index (χ3v) is 4.86. The van der Waals surface area contributed by atoms with Gasteiger partial charge in [-0.05, 0) is 54.0 Å². The molecule has 2 heterocycles. The highest BCUT2D eigenvalue weighted by Gasteiger charge is 2.12. The third-order valence-electron chi connectivity index (χ3n) is 3.76. The van der Waals surface area contributed by atoms with Gasteiger partial charge in [-0.1, -0.05) is 17.7 Å². The molecule has 0 N–H and O–H groups in total. The number of aromatic nitrogens is 2. The fourth-order valence-corrected chi connectivity index (χ4v) is 3.80. The molecular weight excluding hydrogens is 304 g/mol. The number of benzene rings is 1. The maximum absolute atomic E-state index is 6.16. The van der Waals surface area contributed by atoms with Crippen LogP contribution in [-0.2, 0) is 19.4 Å². The van der Waals surface area contributed by atoms with E-state index in [0.29, 0.717) is 17.6 Å². The van der Waals surface area contributed by atoms with Crippen LogP contribution in [0.1, 0.15) is 23.4 Å². The Bertz CT molecular complexity index is 815. The van der Waals surface area contributed by atoms with E-state index in [2.05, 4.69) is 22.1 Å². The molecule has 21 heavy (non-hydrogen) atoms. The monoisotopic (exact) mass is 316 g/mol. The van der Waals surface area contributed by atoms with Gasteiger partial charge < -0.3 is 4.74 Å². The van der Waals surface area contributed by atoms with Gasteiger partial charge in [0.2, 0.25) is 0 Å². The number of thiophene rings is 1. The molecule has 2 aromatic heterocycles. The highest BCUT2D eigenvalue weighted by Crippen LogP contribution is 2.27. The van der Waals surface area contributed by atoms with Crippen molar-refractivity contribution in [1.29, 1.82) is 0 Å². The minimum atomic E-state index is 0.340. The Labute approximate surface area is 131 Å². The summed E-state index contributed by atoms with van der Waals surface area (Å²) in [5.74, 6) is 1.50. The van der Waals surface area contributed by atoms with E-state index in [1.54, 1.807) is 11.3 Å². The Balaban J connectivity index is 1.55. The molecule has 3 aromatic rings. The van der Waals surface area contributed by atoms with Gasteiger partial charge in [0, 0.05) is 5.39 Å². The first-order valence-corrected chi connectivity index (χ1v) is 8.19. The molecule has 106 valence electrons. The van der Waals surface area contributed by atoms with Crippen LogP contribution >= 0.6 is 22.9 Å². The van der Waals surface area contributed by atoms with Crippen molar-refractivity contribution in [2.75, 3.05) is 0 Å². The predicted octanol–water partition coefficient (Wildman–Crippen LogP) is 4.41. The van der Waals surface area contributed by atoms with Crippen LogP contribution < -0.4 is 4.74 Å². The summed E-state index contributed by atoms with van der Waals surface area (Å²) in [4.78, 5) is 9.68. The minimum Gasteiger partial charge on any atom is -0.486 e. The van der Waals surface area contributed by atoms with E-state index in [1.807, 2.05) is 17.5 Å². The lowest BCUT2D eigenvalue weighted by Crippen LogP contribution is -2.02. The first kappa shape index (κ1) is 13.0. The van der Waals surface area contributed by atoms with Gasteiger partial charge >= 0.3 is 0 Å². The summed E-state index contributed by atoms with van der Waals surface area (Å²) in [7, 11) is 0. The van der Waals surface area contributed by atoms with Crippen LogP contribution in [0.4, 0.5) is 0 Å². The molecule has 0 radical (unpaired) electrons. The zero-order valence-electron chi connectivity index (χ0n) is 11.3. The van der Waals surface area contributed by atoms with Crippen LogP contribution in [0.25, 0.3) is 10.2 Å². The van der Waals surface area contributed by atoms with Gasteiger partial charge in [0.1, 0.15) is 22.3 Å². The number of hydrogen-bond donors (Lipinski definition) is 0. The Morgan fingerprint density at radius 2 is 2.05 bits per heavy atom. The molecule has 4 rings (SSSR count). The van der Waals surface area contributed by atoms with Crippen molar-refractivity contribution in [3.63, 3.8) is 0 Å². The van der Waals surface area contributed by atoms with E-state index in [0.717, 1.165) is 22.4 Å². The van der Waals surface area contributed by atoms with Crippen molar-refractivity contribution in [2.24, 2.45) is 0 Å². The molecule has 0 unspecified atom stereocenters. The molecule has 3 nitrogen and oxygen atoms in total. The summed E-state index contributed by atoms with van der Waals surface area (Å²) < 4.78 is 5.82. The number of fused-ring (bicyclic) bond motifs is 2. The van der Waals surface area contributed by atoms with E-state index >= 15 is 0 Å². The van der Waals surface area contributed by atoms with E-state index < -0.39 is 0 Å². The predicted molar refractivity (Wildman–Crippen MR) is 85.2 cm³/mol. The summed E-state index contributed by atoms with van der Waals surface area (Å²) in [6.07, 6.45) is 3.58. The molecule has 1 aliphatic carbocycles. The molecule has 1 aliphatic rings. The topological polar surface area (TPSA) is 35.0 Å². The first-order chi connectivity index (χ1) is 10.3. The van der Waals surface area contributed by atoms with E-state index in [-0.39, 0.29) is 0 Å². The zero-order chi connectivity index (χ0) is 14.2. The number of rotatable bonds is 3. The summed E-state index contributed by atoms with van der Waals surface area (Å²) in [5, 5.41) is 3.37.